The molecule has 1 aromatic heterocycles. The summed E-state index contributed by atoms with van der Waals surface area (Å²) in [6, 6.07) is 11.4. The Morgan fingerprint density at radius 2 is 1.95 bits per heavy atom. The van der Waals surface area contributed by atoms with Crippen LogP contribution in [0.4, 0.5) is 5.69 Å². The maximum atomic E-state index is 5.90. The van der Waals surface area contributed by atoms with Gasteiger partial charge in [-0.2, -0.15) is 0 Å². The van der Waals surface area contributed by atoms with Crippen molar-refractivity contribution in [3.05, 3.63) is 42.0 Å². The van der Waals surface area contributed by atoms with Crippen molar-refractivity contribution in [3.63, 3.8) is 0 Å². The fourth-order valence-corrected chi connectivity index (χ4v) is 2.25. The summed E-state index contributed by atoms with van der Waals surface area (Å²) in [5.41, 5.74) is 10.2. The van der Waals surface area contributed by atoms with E-state index in [-0.39, 0.29) is 0 Å². The summed E-state index contributed by atoms with van der Waals surface area (Å²) in [5, 5.41) is 0. The van der Waals surface area contributed by atoms with Crippen LogP contribution in [0.1, 0.15) is 12.5 Å². The molecule has 4 nitrogen and oxygen atoms in total. The van der Waals surface area contributed by atoms with Gasteiger partial charge in [0.15, 0.2) is 5.58 Å². The minimum atomic E-state index is 0.600. The molecule has 2 N–H and O–H groups in total. The second-order valence-corrected chi connectivity index (χ2v) is 4.63. The summed E-state index contributed by atoms with van der Waals surface area (Å²) in [4.78, 5) is 4.52. The third-order valence-corrected chi connectivity index (χ3v) is 3.31. The Kier molecular flexibility index (Phi) is 3.06. The van der Waals surface area contributed by atoms with Gasteiger partial charge in [0.2, 0.25) is 5.89 Å². The zero-order chi connectivity index (χ0) is 14.1. The lowest BCUT2D eigenvalue weighted by atomic mass is 10.1. The number of oxazole rings is 1. The predicted octanol–water partition coefficient (Wildman–Crippen LogP) is 3.65. The van der Waals surface area contributed by atoms with Crippen LogP contribution in [0.15, 0.2) is 40.8 Å². The van der Waals surface area contributed by atoms with Gasteiger partial charge in [-0.25, -0.2) is 4.98 Å². The smallest absolute Gasteiger partial charge is 0.227 e. The van der Waals surface area contributed by atoms with Gasteiger partial charge >= 0.3 is 0 Å². The maximum absolute atomic E-state index is 5.90. The molecule has 0 aliphatic carbocycles. The third-order valence-electron chi connectivity index (χ3n) is 3.31. The highest BCUT2D eigenvalue weighted by atomic mass is 16.5. The molecule has 0 unspecified atom stereocenters. The van der Waals surface area contributed by atoms with E-state index in [1.807, 2.05) is 36.4 Å². The number of nitrogens with two attached hydrogens (primary N) is 1. The minimum absolute atomic E-state index is 0.600. The van der Waals surface area contributed by atoms with E-state index in [0.717, 1.165) is 34.4 Å². The van der Waals surface area contributed by atoms with Gasteiger partial charge in [0.1, 0.15) is 11.3 Å². The van der Waals surface area contributed by atoms with E-state index in [0.29, 0.717) is 11.6 Å². The standard InChI is InChI=1S/C16H16N2O2/c1-3-10-8-12(17)9-14-15(10)20-16(18-14)11-4-6-13(19-2)7-5-11/h4-9H,3,17H2,1-2H3. The number of hydrogen-bond donors (Lipinski definition) is 1. The van der Waals surface area contributed by atoms with Crippen molar-refractivity contribution in [2.24, 2.45) is 0 Å². The van der Waals surface area contributed by atoms with Gasteiger partial charge < -0.3 is 14.9 Å². The maximum Gasteiger partial charge on any atom is 0.227 e. The first-order chi connectivity index (χ1) is 9.71. The number of ether oxygens (including phenoxy) is 1. The average Bonchev–Trinajstić information content (AvgIpc) is 2.90. The lowest BCUT2D eigenvalue weighted by Gasteiger charge is -2.00. The van der Waals surface area contributed by atoms with Gasteiger partial charge in [-0.15, -0.1) is 0 Å². The molecule has 1 heterocycles. The molecule has 0 radical (unpaired) electrons. The first-order valence-corrected chi connectivity index (χ1v) is 6.54. The van der Waals surface area contributed by atoms with Crippen molar-refractivity contribution in [1.82, 2.24) is 4.98 Å². The normalized spacial score (nSPS) is 10.9. The number of anilines is 1. The molecule has 0 amide bonds. The average molecular weight is 268 g/mol. The third kappa shape index (κ3) is 2.09. The van der Waals surface area contributed by atoms with Gasteiger partial charge in [0, 0.05) is 11.3 Å². The second-order valence-electron chi connectivity index (χ2n) is 4.63. The largest absolute Gasteiger partial charge is 0.497 e. The van der Waals surface area contributed by atoms with E-state index in [4.69, 9.17) is 14.9 Å². The van der Waals surface area contributed by atoms with Crippen LogP contribution in [0, 0.1) is 0 Å². The zero-order valence-electron chi connectivity index (χ0n) is 11.5. The van der Waals surface area contributed by atoms with Crippen LogP contribution in [-0.4, -0.2) is 12.1 Å². The number of nitrogen functional groups attached to an aromatic ring is 1. The summed E-state index contributed by atoms with van der Waals surface area (Å²) in [7, 11) is 1.64. The Morgan fingerprint density at radius 1 is 1.20 bits per heavy atom. The van der Waals surface area contributed by atoms with E-state index < -0.39 is 0 Å². The molecule has 0 aliphatic heterocycles. The topological polar surface area (TPSA) is 61.3 Å². The van der Waals surface area contributed by atoms with Crippen molar-refractivity contribution in [2.45, 2.75) is 13.3 Å². The first kappa shape index (κ1) is 12.5. The van der Waals surface area contributed by atoms with Crippen LogP contribution >= 0.6 is 0 Å². The molecule has 0 saturated carbocycles. The molecular formula is C16H16N2O2. The quantitative estimate of drug-likeness (QED) is 0.736. The van der Waals surface area contributed by atoms with Gasteiger partial charge in [0.05, 0.1) is 7.11 Å². The van der Waals surface area contributed by atoms with Gasteiger partial charge in [-0.1, -0.05) is 6.92 Å². The van der Waals surface area contributed by atoms with Crippen molar-refractivity contribution >= 4 is 16.8 Å². The molecule has 0 atom stereocenters. The summed E-state index contributed by atoms with van der Waals surface area (Å²) >= 11 is 0. The lowest BCUT2D eigenvalue weighted by Crippen LogP contribution is -1.88. The number of aromatic nitrogens is 1. The van der Waals surface area contributed by atoms with Gasteiger partial charge in [-0.3, -0.25) is 0 Å². The molecule has 0 aliphatic rings. The molecule has 0 bridgehead atoms. The minimum Gasteiger partial charge on any atom is -0.497 e. The van der Waals surface area contributed by atoms with E-state index in [1.54, 1.807) is 7.11 Å². The molecule has 0 fully saturated rings. The fourth-order valence-electron chi connectivity index (χ4n) is 2.25. The molecule has 4 heteroatoms. The Hall–Kier alpha value is -2.49. The van der Waals surface area contributed by atoms with Gasteiger partial charge in [-0.05, 0) is 48.4 Å². The van der Waals surface area contributed by atoms with Crippen molar-refractivity contribution in [2.75, 3.05) is 12.8 Å². The molecule has 0 spiro atoms. The summed E-state index contributed by atoms with van der Waals surface area (Å²) < 4.78 is 11.0. The molecule has 3 aromatic rings. The predicted molar refractivity (Wildman–Crippen MR) is 79.8 cm³/mol. The zero-order valence-corrected chi connectivity index (χ0v) is 11.5. The molecule has 2 aromatic carbocycles. The number of benzene rings is 2. The number of nitrogens with zero attached hydrogens (tertiary/aromatic N) is 1. The highest BCUT2D eigenvalue weighted by molar-refractivity contribution is 5.82. The monoisotopic (exact) mass is 268 g/mol. The summed E-state index contributed by atoms with van der Waals surface area (Å²) in [6.45, 7) is 2.07. The van der Waals surface area contributed by atoms with E-state index in [9.17, 15) is 0 Å². The Bertz CT molecular complexity index is 745. The summed E-state index contributed by atoms with van der Waals surface area (Å²) in [6.07, 6.45) is 0.860. The molecule has 3 rings (SSSR count). The van der Waals surface area contributed by atoms with Crippen LogP contribution < -0.4 is 10.5 Å². The molecule has 0 saturated heterocycles. The van der Waals surface area contributed by atoms with Crippen LogP contribution in [0.3, 0.4) is 0 Å². The second kappa shape index (κ2) is 4.89. The first-order valence-electron chi connectivity index (χ1n) is 6.54. The number of rotatable bonds is 3. The summed E-state index contributed by atoms with van der Waals surface area (Å²) in [5.74, 6) is 1.41. The van der Waals surface area contributed by atoms with Crippen LogP contribution in [0.5, 0.6) is 5.75 Å². The Labute approximate surface area is 117 Å². The number of aryl methyl sites for hydroxylation is 1. The highest BCUT2D eigenvalue weighted by Gasteiger charge is 2.12. The van der Waals surface area contributed by atoms with Gasteiger partial charge in [0.25, 0.3) is 0 Å². The Morgan fingerprint density at radius 3 is 2.60 bits per heavy atom. The molecule has 20 heavy (non-hydrogen) atoms. The Balaban J connectivity index is 2.12. The van der Waals surface area contributed by atoms with Crippen molar-refractivity contribution in [1.29, 1.82) is 0 Å². The lowest BCUT2D eigenvalue weighted by molar-refractivity contribution is 0.415. The van der Waals surface area contributed by atoms with E-state index in [1.165, 1.54) is 0 Å². The van der Waals surface area contributed by atoms with E-state index in [2.05, 4.69) is 11.9 Å². The van der Waals surface area contributed by atoms with E-state index >= 15 is 0 Å². The highest BCUT2D eigenvalue weighted by Crippen LogP contribution is 2.29. The number of methoxy groups -OCH3 is 1. The van der Waals surface area contributed by atoms with Crippen molar-refractivity contribution < 1.29 is 9.15 Å². The van der Waals surface area contributed by atoms with Crippen LogP contribution in [0.2, 0.25) is 0 Å². The molecule has 102 valence electrons. The van der Waals surface area contributed by atoms with Crippen molar-refractivity contribution in [3.8, 4) is 17.2 Å². The SMILES string of the molecule is CCc1cc(N)cc2nc(-c3ccc(OC)cc3)oc12. The fraction of sp³-hybridized carbons (Fsp3) is 0.188. The van der Waals surface area contributed by atoms with Crippen LogP contribution in [-0.2, 0) is 6.42 Å². The number of fused-ring (bicyclic) bond motifs is 1. The van der Waals surface area contributed by atoms with Crippen LogP contribution in [0.25, 0.3) is 22.6 Å². The molecular weight excluding hydrogens is 252 g/mol. The number of hydrogen-bond acceptors (Lipinski definition) is 4.